The van der Waals surface area contributed by atoms with E-state index in [1.54, 1.807) is 28.3 Å². The van der Waals surface area contributed by atoms with Gasteiger partial charge in [-0.3, -0.25) is 14.6 Å². The number of benzene rings is 1. The summed E-state index contributed by atoms with van der Waals surface area (Å²) in [4.78, 5) is 28.0. The zero-order valence-electron chi connectivity index (χ0n) is 14.3. The number of nitrogens with one attached hydrogen (secondary N) is 1. The van der Waals surface area contributed by atoms with Crippen LogP contribution in [0.3, 0.4) is 0 Å². The van der Waals surface area contributed by atoms with E-state index in [1.165, 1.54) is 0 Å². The molecular formula is C19H19N3O3S. The van der Waals surface area contributed by atoms with Crippen LogP contribution in [-0.4, -0.2) is 15.5 Å². The van der Waals surface area contributed by atoms with Crippen LogP contribution >= 0.6 is 11.3 Å². The van der Waals surface area contributed by atoms with Crippen LogP contribution in [0.5, 0.6) is 5.75 Å². The Kier molecular flexibility index (Phi) is 5.80. The second-order valence-corrected chi connectivity index (χ2v) is 6.55. The van der Waals surface area contributed by atoms with Gasteiger partial charge < -0.3 is 14.6 Å². The number of carbonyl (C=O) groups excluding carboxylic acids is 1. The average molecular weight is 369 g/mol. The van der Waals surface area contributed by atoms with Crippen molar-refractivity contribution in [3.63, 3.8) is 0 Å². The van der Waals surface area contributed by atoms with Crippen LogP contribution in [0, 0.1) is 6.92 Å². The Morgan fingerprint density at radius 1 is 1.27 bits per heavy atom. The van der Waals surface area contributed by atoms with Crippen molar-refractivity contribution in [2.45, 2.75) is 26.5 Å². The van der Waals surface area contributed by atoms with Gasteiger partial charge in [0.1, 0.15) is 12.4 Å². The lowest BCUT2D eigenvalue weighted by Crippen LogP contribution is -2.20. The van der Waals surface area contributed by atoms with E-state index < -0.39 is 0 Å². The molecule has 0 saturated carbocycles. The summed E-state index contributed by atoms with van der Waals surface area (Å²) in [5.74, 6) is 0.503. The molecule has 7 heteroatoms. The maximum atomic E-state index is 12.1. The summed E-state index contributed by atoms with van der Waals surface area (Å²) < 4.78 is 7.31. The van der Waals surface area contributed by atoms with Crippen LogP contribution in [0.1, 0.15) is 17.8 Å². The molecule has 1 N–H and O–H groups in total. The zero-order chi connectivity index (χ0) is 18.4. The molecule has 6 nitrogen and oxygen atoms in total. The molecule has 1 aromatic carbocycles. The van der Waals surface area contributed by atoms with Crippen LogP contribution in [0.15, 0.2) is 58.8 Å². The molecule has 3 aromatic rings. The van der Waals surface area contributed by atoms with Crippen LogP contribution in [0.4, 0.5) is 5.69 Å². The van der Waals surface area contributed by atoms with Crippen LogP contribution in [0.25, 0.3) is 0 Å². The van der Waals surface area contributed by atoms with Crippen molar-refractivity contribution in [1.29, 1.82) is 0 Å². The molecule has 2 aromatic heterocycles. The van der Waals surface area contributed by atoms with Crippen LogP contribution < -0.4 is 14.9 Å². The van der Waals surface area contributed by atoms with Crippen molar-refractivity contribution in [3.8, 4) is 5.75 Å². The van der Waals surface area contributed by atoms with Gasteiger partial charge in [-0.2, -0.15) is 0 Å². The van der Waals surface area contributed by atoms with Crippen molar-refractivity contribution in [2.75, 3.05) is 5.32 Å². The third-order valence-electron chi connectivity index (χ3n) is 3.77. The molecule has 0 atom stereocenters. The number of amides is 1. The van der Waals surface area contributed by atoms with E-state index in [-0.39, 0.29) is 17.2 Å². The third-order valence-corrected chi connectivity index (χ3v) is 4.65. The molecule has 0 unspecified atom stereocenters. The van der Waals surface area contributed by atoms with Crippen molar-refractivity contribution in [2.24, 2.45) is 0 Å². The Balaban J connectivity index is 1.54. The van der Waals surface area contributed by atoms with E-state index >= 15 is 0 Å². The standard InChI is InChI=1S/C19H19N3O3S/c1-14-13-26-19(24)22(14)10-8-18(23)21-15-6-4-7-17(11-15)25-12-16-5-2-3-9-20-16/h2-7,9,11,13H,8,10,12H2,1H3,(H,21,23). The van der Waals surface area contributed by atoms with E-state index in [2.05, 4.69) is 10.3 Å². The lowest BCUT2D eigenvalue weighted by molar-refractivity contribution is -0.116. The number of pyridine rings is 1. The lowest BCUT2D eigenvalue weighted by atomic mass is 10.3. The number of anilines is 1. The van der Waals surface area contributed by atoms with Gasteiger partial charge in [0.15, 0.2) is 0 Å². The highest BCUT2D eigenvalue weighted by Crippen LogP contribution is 2.18. The largest absolute Gasteiger partial charge is 0.487 e. The fourth-order valence-corrected chi connectivity index (χ4v) is 3.18. The maximum Gasteiger partial charge on any atom is 0.307 e. The minimum Gasteiger partial charge on any atom is -0.487 e. The Labute approximate surface area is 155 Å². The number of carbonyl (C=O) groups is 1. The molecule has 0 spiro atoms. The van der Waals surface area contributed by atoms with Gasteiger partial charge in [-0.25, -0.2) is 0 Å². The van der Waals surface area contributed by atoms with Gasteiger partial charge in [-0.05, 0) is 31.2 Å². The van der Waals surface area contributed by atoms with Crippen molar-refractivity contribution < 1.29 is 9.53 Å². The summed E-state index contributed by atoms with van der Waals surface area (Å²) in [5.41, 5.74) is 2.36. The predicted molar refractivity (Wildman–Crippen MR) is 102 cm³/mol. The summed E-state index contributed by atoms with van der Waals surface area (Å²) in [6.07, 6.45) is 1.95. The monoisotopic (exact) mass is 369 g/mol. The highest BCUT2D eigenvalue weighted by atomic mass is 32.1. The third kappa shape index (κ3) is 4.80. The molecule has 0 saturated heterocycles. The first kappa shape index (κ1) is 17.9. The highest BCUT2D eigenvalue weighted by molar-refractivity contribution is 7.07. The van der Waals surface area contributed by atoms with Gasteiger partial charge >= 0.3 is 4.87 Å². The second kappa shape index (κ2) is 8.44. The number of nitrogens with zero attached hydrogens (tertiary/aromatic N) is 2. The fourth-order valence-electron chi connectivity index (χ4n) is 2.42. The first-order valence-electron chi connectivity index (χ1n) is 8.19. The number of thiazole rings is 1. The zero-order valence-corrected chi connectivity index (χ0v) is 15.2. The molecule has 2 heterocycles. The summed E-state index contributed by atoms with van der Waals surface area (Å²) >= 11 is 1.15. The maximum absolute atomic E-state index is 12.1. The minimum absolute atomic E-state index is 0.0415. The molecule has 0 bridgehead atoms. The Bertz CT molecular complexity index is 934. The molecule has 26 heavy (non-hydrogen) atoms. The van der Waals surface area contributed by atoms with Crippen molar-refractivity contribution in [1.82, 2.24) is 9.55 Å². The minimum atomic E-state index is -0.149. The van der Waals surface area contributed by atoms with E-state index in [9.17, 15) is 9.59 Å². The summed E-state index contributed by atoms with van der Waals surface area (Å²) in [6, 6.07) is 12.9. The second-order valence-electron chi connectivity index (χ2n) is 5.73. The lowest BCUT2D eigenvalue weighted by Gasteiger charge is -2.09. The van der Waals surface area contributed by atoms with Crippen molar-refractivity contribution in [3.05, 3.63) is 75.1 Å². The van der Waals surface area contributed by atoms with E-state index in [4.69, 9.17) is 4.74 Å². The normalized spacial score (nSPS) is 10.5. The number of aromatic nitrogens is 2. The molecule has 1 amide bonds. The number of rotatable bonds is 7. The van der Waals surface area contributed by atoms with Gasteiger partial charge in [-0.15, -0.1) is 0 Å². The number of hydrogen-bond acceptors (Lipinski definition) is 5. The van der Waals surface area contributed by atoms with Crippen LogP contribution in [-0.2, 0) is 17.9 Å². The van der Waals surface area contributed by atoms with Crippen LogP contribution in [0.2, 0.25) is 0 Å². The fraction of sp³-hybridized carbons (Fsp3) is 0.211. The van der Waals surface area contributed by atoms with E-state index in [1.807, 2.05) is 37.3 Å². The Morgan fingerprint density at radius 3 is 2.88 bits per heavy atom. The van der Waals surface area contributed by atoms with Gasteiger partial charge in [0.2, 0.25) is 5.91 Å². The number of ether oxygens (including phenoxy) is 1. The van der Waals surface area contributed by atoms with E-state index in [0.29, 0.717) is 24.6 Å². The Hall–Kier alpha value is -2.93. The smallest absolute Gasteiger partial charge is 0.307 e. The highest BCUT2D eigenvalue weighted by Gasteiger charge is 2.07. The first-order valence-corrected chi connectivity index (χ1v) is 9.07. The number of aryl methyl sites for hydroxylation is 1. The molecular weight excluding hydrogens is 350 g/mol. The van der Waals surface area contributed by atoms with Gasteiger partial charge in [0, 0.05) is 42.0 Å². The molecule has 0 fully saturated rings. The number of hydrogen-bond donors (Lipinski definition) is 1. The molecule has 0 aliphatic rings. The summed E-state index contributed by atoms with van der Waals surface area (Å²) in [6.45, 7) is 2.59. The predicted octanol–water partition coefficient (Wildman–Crippen LogP) is 3.22. The van der Waals surface area contributed by atoms with Crippen molar-refractivity contribution >= 4 is 22.9 Å². The quantitative estimate of drug-likeness (QED) is 0.694. The first-order chi connectivity index (χ1) is 12.6. The summed E-state index contributed by atoms with van der Waals surface area (Å²) in [5, 5.41) is 4.63. The average Bonchev–Trinajstić information content (AvgIpc) is 2.97. The van der Waals surface area contributed by atoms with Gasteiger partial charge in [-0.1, -0.05) is 23.5 Å². The molecule has 0 radical (unpaired) electrons. The molecule has 134 valence electrons. The molecule has 0 aliphatic carbocycles. The molecule has 0 aliphatic heterocycles. The molecule has 3 rings (SSSR count). The van der Waals surface area contributed by atoms with Gasteiger partial charge in [0.25, 0.3) is 0 Å². The van der Waals surface area contributed by atoms with E-state index in [0.717, 1.165) is 22.7 Å². The summed E-state index contributed by atoms with van der Waals surface area (Å²) in [7, 11) is 0. The topological polar surface area (TPSA) is 73.2 Å². The SMILES string of the molecule is Cc1csc(=O)n1CCC(=O)Nc1cccc(OCc2ccccn2)c1. The van der Waals surface area contributed by atoms with Gasteiger partial charge in [0.05, 0.1) is 5.69 Å². The Morgan fingerprint density at radius 2 is 2.15 bits per heavy atom.